The van der Waals surface area contributed by atoms with E-state index in [1.807, 2.05) is 0 Å². The summed E-state index contributed by atoms with van der Waals surface area (Å²) in [5.74, 6) is -1.61. The smallest absolute Gasteiger partial charge is 0.329 e. The van der Waals surface area contributed by atoms with Gasteiger partial charge in [0.25, 0.3) is 11.5 Å². The molecule has 0 saturated heterocycles. The van der Waals surface area contributed by atoms with Crippen molar-refractivity contribution in [3.63, 3.8) is 0 Å². The minimum atomic E-state index is -1.38. The second-order valence-electron chi connectivity index (χ2n) is 5.70. The zero-order chi connectivity index (χ0) is 16.7. The molecule has 2 rings (SSSR count). The SMILES string of the molecule is CN(C(=O)c1cc(=O)n(C)c2ccccc12)C(C)(C)C(=O)O. The number of aromatic nitrogens is 1. The average molecular weight is 302 g/mol. The standard InChI is InChI=1S/C16H18N2O4/c1-16(2,15(21)22)18(4)14(20)11-9-13(19)17(3)12-8-6-5-7-10(11)12/h5-9H,1-4H3,(H,21,22). The van der Waals surface area contributed by atoms with Gasteiger partial charge in [-0.25, -0.2) is 4.79 Å². The maximum Gasteiger partial charge on any atom is 0.329 e. The Labute approximate surface area is 127 Å². The number of carbonyl (C=O) groups excluding carboxylic acids is 1. The lowest BCUT2D eigenvalue weighted by Crippen LogP contribution is -2.51. The quantitative estimate of drug-likeness (QED) is 0.931. The molecule has 6 heteroatoms. The van der Waals surface area contributed by atoms with Crippen LogP contribution in [0.4, 0.5) is 0 Å². The molecular formula is C16H18N2O4. The molecule has 0 radical (unpaired) electrons. The van der Waals surface area contributed by atoms with Crippen molar-refractivity contribution in [1.29, 1.82) is 0 Å². The Hall–Kier alpha value is -2.63. The zero-order valence-electron chi connectivity index (χ0n) is 13.0. The molecule has 0 spiro atoms. The molecule has 116 valence electrons. The summed E-state index contributed by atoms with van der Waals surface area (Å²) in [6.07, 6.45) is 0. The van der Waals surface area contributed by atoms with Crippen LogP contribution in [0.15, 0.2) is 35.1 Å². The first-order chi connectivity index (χ1) is 10.2. The Balaban J connectivity index is 2.66. The maximum absolute atomic E-state index is 12.7. The van der Waals surface area contributed by atoms with Crippen LogP contribution in [0.3, 0.4) is 0 Å². The number of aryl methyl sites for hydroxylation is 1. The van der Waals surface area contributed by atoms with Gasteiger partial charge in [-0.2, -0.15) is 0 Å². The lowest BCUT2D eigenvalue weighted by molar-refractivity contribution is -0.147. The van der Waals surface area contributed by atoms with Crippen molar-refractivity contribution in [3.05, 3.63) is 46.2 Å². The van der Waals surface area contributed by atoms with E-state index in [-0.39, 0.29) is 11.1 Å². The summed E-state index contributed by atoms with van der Waals surface area (Å²) in [5, 5.41) is 9.87. The molecule has 22 heavy (non-hydrogen) atoms. The molecule has 6 nitrogen and oxygen atoms in total. The van der Waals surface area contributed by atoms with E-state index < -0.39 is 17.4 Å². The zero-order valence-corrected chi connectivity index (χ0v) is 13.0. The number of nitrogens with zero attached hydrogens (tertiary/aromatic N) is 2. The number of fused-ring (bicyclic) bond motifs is 1. The summed E-state index contributed by atoms with van der Waals surface area (Å²) < 4.78 is 1.45. The Bertz CT molecular complexity index is 820. The number of carboxylic acids is 1. The molecule has 0 unspecified atom stereocenters. The minimum absolute atomic E-state index is 0.204. The van der Waals surface area contributed by atoms with Crippen LogP contribution in [0.1, 0.15) is 24.2 Å². The number of pyridine rings is 1. The Morgan fingerprint density at radius 2 is 1.82 bits per heavy atom. The maximum atomic E-state index is 12.7. The minimum Gasteiger partial charge on any atom is -0.480 e. The van der Waals surface area contributed by atoms with E-state index in [9.17, 15) is 19.5 Å². The summed E-state index contributed by atoms with van der Waals surface area (Å²) in [4.78, 5) is 37.2. The fourth-order valence-electron chi connectivity index (χ4n) is 2.17. The highest BCUT2D eigenvalue weighted by atomic mass is 16.4. The molecule has 1 heterocycles. The number of aliphatic carboxylic acids is 1. The van der Waals surface area contributed by atoms with Crippen LogP contribution in [-0.4, -0.2) is 39.0 Å². The number of benzene rings is 1. The van der Waals surface area contributed by atoms with E-state index in [2.05, 4.69) is 0 Å². The molecule has 0 atom stereocenters. The van der Waals surface area contributed by atoms with Gasteiger partial charge in [0.1, 0.15) is 5.54 Å². The molecule has 0 saturated carbocycles. The van der Waals surface area contributed by atoms with E-state index in [0.29, 0.717) is 10.9 Å². The molecule has 1 amide bonds. The number of carboxylic acid groups (broad SMARTS) is 1. The Morgan fingerprint density at radius 1 is 1.23 bits per heavy atom. The summed E-state index contributed by atoms with van der Waals surface area (Å²) >= 11 is 0. The Kier molecular flexibility index (Phi) is 3.79. The van der Waals surface area contributed by atoms with E-state index in [1.54, 1.807) is 31.3 Å². The highest BCUT2D eigenvalue weighted by molar-refractivity contribution is 6.07. The number of hydrogen-bond acceptors (Lipinski definition) is 3. The van der Waals surface area contributed by atoms with Crippen LogP contribution in [0, 0.1) is 0 Å². The van der Waals surface area contributed by atoms with Crippen LogP contribution in [-0.2, 0) is 11.8 Å². The number of para-hydroxylation sites is 1. The molecule has 2 aromatic rings. The van der Waals surface area contributed by atoms with Gasteiger partial charge in [0.2, 0.25) is 0 Å². The summed E-state index contributed by atoms with van der Waals surface area (Å²) in [6.45, 7) is 2.88. The molecular weight excluding hydrogens is 284 g/mol. The molecule has 0 fully saturated rings. The van der Waals surface area contributed by atoms with Gasteiger partial charge in [-0.15, -0.1) is 0 Å². The van der Waals surface area contributed by atoms with Gasteiger partial charge in [0.05, 0.1) is 11.1 Å². The summed E-state index contributed by atoms with van der Waals surface area (Å²) in [7, 11) is 3.05. The first-order valence-corrected chi connectivity index (χ1v) is 6.78. The Morgan fingerprint density at radius 3 is 2.41 bits per heavy atom. The van der Waals surface area contributed by atoms with Crippen molar-refractivity contribution >= 4 is 22.8 Å². The van der Waals surface area contributed by atoms with Gasteiger partial charge < -0.3 is 14.6 Å². The van der Waals surface area contributed by atoms with Crippen molar-refractivity contribution in [2.24, 2.45) is 7.05 Å². The molecule has 0 aliphatic carbocycles. The predicted octanol–water partition coefficient (Wildman–Crippen LogP) is 1.47. The fourth-order valence-corrected chi connectivity index (χ4v) is 2.17. The third-order valence-electron chi connectivity index (χ3n) is 4.05. The van der Waals surface area contributed by atoms with Crippen molar-refractivity contribution < 1.29 is 14.7 Å². The van der Waals surface area contributed by atoms with E-state index in [4.69, 9.17) is 0 Å². The van der Waals surface area contributed by atoms with E-state index in [1.165, 1.54) is 31.5 Å². The number of carbonyl (C=O) groups is 2. The van der Waals surface area contributed by atoms with Gasteiger partial charge in [-0.3, -0.25) is 9.59 Å². The number of amides is 1. The van der Waals surface area contributed by atoms with Crippen molar-refractivity contribution in [1.82, 2.24) is 9.47 Å². The molecule has 0 aliphatic rings. The second-order valence-corrected chi connectivity index (χ2v) is 5.70. The third kappa shape index (κ3) is 2.36. The lowest BCUT2D eigenvalue weighted by Gasteiger charge is -2.31. The third-order valence-corrected chi connectivity index (χ3v) is 4.05. The molecule has 1 N–H and O–H groups in total. The van der Waals surface area contributed by atoms with Crippen molar-refractivity contribution in [2.45, 2.75) is 19.4 Å². The van der Waals surface area contributed by atoms with Crippen LogP contribution in [0.5, 0.6) is 0 Å². The van der Waals surface area contributed by atoms with Crippen LogP contribution >= 0.6 is 0 Å². The first-order valence-electron chi connectivity index (χ1n) is 6.78. The monoisotopic (exact) mass is 302 g/mol. The van der Waals surface area contributed by atoms with Crippen LogP contribution < -0.4 is 5.56 Å². The summed E-state index contributed by atoms with van der Waals surface area (Å²) in [6, 6.07) is 8.28. The van der Waals surface area contributed by atoms with Gasteiger partial charge in [0.15, 0.2) is 0 Å². The van der Waals surface area contributed by atoms with Crippen molar-refractivity contribution in [3.8, 4) is 0 Å². The first kappa shape index (κ1) is 15.8. The van der Waals surface area contributed by atoms with Gasteiger partial charge in [-0.05, 0) is 19.9 Å². The predicted molar refractivity (Wildman–Crippen MR) is 83.0 cm³/mol. The molecule has 0 aliphatic heterocycles. The van der Waals surface area contributed by atoms with E-state index >= 15 is 0 Å². The number of hydrogen-bond donors (Lipinski definition) is 1. The fraction of sp³-hybridized carbons (Fsp3) is 0.312. The largest absolute Gasteiger partial charge is 0.480 e. The molecule has 1 aromatic carbocycles. The van der Waals surface area contributed by atoms with Crippen LogP contribution in [0.25, 0.3) is 10.9 Å². The van der Waals surface area contributed by atoms with Gasteiger partial charge >= 0.3 is 5.97 Å². The van der Waals surface area contributed by atoms with E-state index in [0.717, 1.165) is 4.90 Å². The van der Waals surface area contributed by atoms with Crippen LogP contribution in [0.2, 0.25) is 0 Å². The topological polar surface area (TPSA) is 79.6 Å². The number of likely N-dealkylation sites (N-methyl/N-ethyl adjacent to an activating group) is 1. The number of rotatable bonds is 3. The lowest BCUT2D eigenvalue weighted by atomic mass is 10.0. The van der Waals surface area contributed by atoms with Gasteiger partial charge in [0, 0.05) is 25.5 Å². The molecule has 1 aromatic heterocycles. The highest BCUT2D eigenvalue weighted by Gasteiger charge is 2.36. The highest BCUT2D eigenvalue weighted by Crippen LogP contribution is 2.21. The average Bonchev–Trinajstić information content (AvgIpc) is 2.49. The summed E-state index contributed by atoms with van der Waals surface area (Å²) in [5.41, 5.74) is -0.863. The van der Waals surface area contributed by atoms with Gasteiger partial charge in [-0.1, -0.05) is 18.2 Å². The second kappa shape index (κ2) is 5.29. The normalized spacial score (nSPS) is 11.5. The molecule has 0 bridgehead atoms. The van der Waals surface area contributed by atoms with Crippen molar-refractivity contribution in [2.75, 3.05) is 7.05 Å².